The molecule has 78 heavy (non-hydrogen) atoms. The van der Waals surface area contributed by atoms with Crippen LogP contribution in [-0.4, -0.2) is 236 Å². The highest BCUT2D eigenvalue weighted by molar-refractivity contribution is 5.85. The van der Waals surface area contributed by atoms with Gasteiger partial charge in [0.05, 0.1) is 26.4 Å². The minimum Gasteiger partial charge on any atom is -0.507 e. The summed E-state index contributed by atoms with van der Waals surface area (Å²) in [6.45, 7) is 7.07. The molecule has 2 N–H and O–H groups in total. The number of benzene rings is 2. The van der Waals surface area contributed by atoms with Gasteiger partial charge < -0.3 is 76.5 Å². The lowest BCUT2D eigenvalue weighted by Crippen LogP contribution is -2.48. The Morgan fingerprint density at radius 3 is 0.795 bits per heavy atom. The average molecular weight is 1110 g/mol. The summed E-state index contributed by atoms with van der Waals surface area (Å²) >= 11 is 0. The van der Waals surface area contributed by atoms with E-state index < -0.39 is 17.7 Å². The number of rotatable bonds is 33. The van der Waals surface area contributed by atoms with Crippen LogP contribution in [0.2, 0.25) is 0 Å². The van der Waals surface area contributed by atoms with Gasteiger partial charge in [-0.1, -0.05) is 13.8 Å². The fraction of sp³-hybridized carbons (Fsp3) is 0.660. The number of fused-ring (bicyclic) bond motifs is 1. The predicted molar refractivity (Wildman–Crippen MR) is 283 cm³/mol. The van der Waals surface area contributed by atoms with Crippen molar-refractivity contribution < 1.29 is 86.1 Å². The van der Waals surface area contributed by atoms with Gasteiger partial charge in [-0.25, -0.2) is 9.59 Å². The molecule has 2 aliphatic heterocycles. The highest BCUT2D eigenvalue weighted by atomic mass is 16.5. The summed E-state index contributed by atoms with van der Waals surface area (Å²) in [5.74, 6) is 1.49. The minimum atomic E-state index is -0.523. The zero-order chi connectivity index (χ0) is 58.0. The molecule has 1 aromatic heterocycles. The standard InChI is InChI=1S/C23H32O6.C15H30N6O6.C12H22N4O6/c1-23(2,19-7-15(11-26-3)21(24)16(8-19)12-27-4)20-9-17(13-28-5)22(25)18(10-20)14-29-6;1-22-7-19(8-23-2)13-16-14(20(9-24-3)10-25-4)18-15(17-13)21(11-26-5)12-27-6;1-19-5-13-9-10(15(7-21-3)11(13)17)16(8-22-4)12(18)14(9)6-20-2/h7-10,24-25H,11-14H2,1-6H3;7-12H2,1-6H3;9-10H,5-8H2,1-4H3. The zero-order valence-corrected chi connectivity index (χ0v) is 48.3. The largest absolute Gasteiger partial charge is 0.507 e. The highest BCUT2D eigenvalue weighted by Gasteiger charge is 2.59. The minimum absolute atomic E-state index is 0.0640. The molecule has 0 atom stereocenters. The number of hydrogen-bond acceptors (Lipinski definition) is 24. The number of carbonyl (C=O) groups is 2. The van der Waals surface area contributed by atoms with Gasteiger partial charge in [-0.3, -0.25) is 34.3 Å². The zero-order valence-electron chi connectivity index (χ0n) is 48.3. The number of phenolic OH excluding ortho intramolecular Hbond substituents is 2. The lowest BCUT2D eigenvalue weighted by molar-refractivity contribution is -0.0135. The number of urea groups is 2. The van der Waals surface area contributed by atoms with Crippen molar-refractivity contribution >= 4 is 29.9 Å². The van der Waals surface area contributed by atoms with E-state index in [0.29, 0.717) is 66.5 Å². The van der Waals surface area contributed by atoms with E-state index in [-0.39, 0.29) is 90.9 Å². The molecular formula is C50H84N10O18. The molecule has 28 heteroatoms. The lowest BCUT2D eigenvalue weighted by atomic mass is 9.76. The Labute approximate surface area is 458 Å². The summed E-state index contributed by atoms with van der Waals surface area (Å²) in [4.78, 5) is 49.7. The molecule has 0 saturated carbocycles. The van der Waals surface area contributed by atoms with E-state index in [0.717, 1.165) is 11.1 Å². The molecule has 0 unspecified atom stereocenters. The Hall–Kier alpha value is -5.57. The summed E-state index contributed by atoms with van der Waals surface area (Å²) in [5, 5.41) is 21.1. The van der Waals surface area contributed by atoms with Crippen LogP contribution in [0, 0.1) is 0 Å². The quantitative estimate of drug-likeness (QED) is 0.0827. The van der Waals surface area contributed by atoms with E-state index in [1.165, 1.54) is 48.0 Å². The number of phenols is 2. The van der Waals surface area contributed by atoms with Crippen LogP contribution >= 0.6 is 0 Å². The number of hydrogen-bond donors (Lipinski definition) is 2. The van der Waals surface area contributed by atoms with Crippen LogP contribution in [-0.2, 0) is 98.2 Å². The number of methoxy groups -OCH3 is 14. The number of amides is 4. The Bertz CT molecular complexity index is 1960. The molecule has 0 radical (unpaired) electrons. The number of ether oxygens (including phenoxy) is 14. The molecule has 2 aliphatic rings. The molecule has 3 aromatic rings. The molecule has 442 valence electrons. The van der Waals surface area contributed by atoms with Gasteiger partial charge in [-0.15, -0.1) is 0 Å². The molecule has 4 amide bonds. The molecule has 0 spiro atoms. The molecule has 28 nitrogen and oxygen atoms in total. The summed E-state index contributed by atoms with van der Waals surface area (Å²) in [5.41, 5.74) is 4.42. The van der Waals surface area contributed by atoms with Crippen molar-refractivity contribution in [2.45, 2.75) is 58.0 Å². The summed E-state index contributed by atoms with van der Waals surface area (Å²) in [6, 6.07) is 7.28. The van der Waals surface area contributed by atoms with Crippen molar-refractivity contribution in [1.29, 1.82) is 0 Å². The van der Waals surface area contributed by atoms with E-state index >= 15 is 0 Å². The maximum absolute atomic E-state index is 12.6. The predicted octanol–water partition coefficient (Wildman–Crippen LogP) is 3.45. The molecule has 2 saturated heterocycles. The van der Waals surface area contributed by atoms with Gasteiger partial charge in [0.25, 0.3) is 0 Å². The summed E-state index contributed by atoms with van der Waals surface area (Å²) in [7, 11) is 21.8. The lowest BCUT2D eigenvalue weighted by Gasteiger charge is -2.29. The number of aromatic nitrogens is 3. The van der Waals surface area contributed by atoms with Crippen LogP contribution in [0.25, 0.3) is 0 Å². The van der Waals surface area contributed by atoms with Crippen molar-refractivity contribution in [3.8, 4) is 11.5 Å². The van der Waals surface area contributed by atoms with E-state index in [1.807, 2.05) is 24.3 Å². The van der Waals surface area contributed by atoms with Crippen LogP contribution in [0.3, 0.4) is 0 Å². The van der Waals surface area contributed by atoms with E-state index in [4.69, 9.17) is 66.3 Å². The summed E-state index contributed by atoms with van der Waals surface area (Å²) in [6.07, 6.45) is -1.05. The van der Waals surface area contributed by atoms with Crippen LogP contribution in [0.4, 0.5) is 27.4 Å². The Morgan fingerprint density at radius 2 is 0.615 bits per heavy atom. The smallest absolute Gasteiger partial charge is 0.327 e. The van der Waals surface area contributed by atoms with Crippen molar-refractivity contribution in [2.75, 3.05) is 182 Å². The molecule has 2 aromatic carbocycles. The fourth-order valence-electron chi connectivity index (χ4n) is 8.48. The maximum Gasteiger partial charge on any atom is 0.327 e. The van der Waals surface area contributed by atoms with E-state index in [1.54, 1.807) is 85.8 Å². The van der Waals surface area contributed by atoms with Crippen LogP contribution < -0.4 is 14.7 Å². The molecule has 3 heterocycles. The molecule has 0 aliphatic carbocycles. The van der Waals surface area contributed by atoms with Gasteiger partial charge >= 0.3 is 12.1 Å². The van der Waals surface area contributed by atoms with Gasteiger partial charge in [0.15, 0.2) is 12.3 Å². The maximum atomic E-state index is 12.6. The van der Waals surface area contributed by atoms with Gasteiger partial charge in [0, 0.05) is 127 Å². The Morgan fingerprint density at radius 1 is 0.397 bits per heavy atom. The molecular weight excluding hydrogens is 1030 g/mol. The Balaban J connectivity index is 0.000000310. The van der Waals surface area contributed by atoms with Gasteiger partial charge in [-0.05, 0) is 35.4 Å². The first-order chi connectivity index (χ1) is 37.6. The monoisotopic (exact) mass is 1110 g/mol. The first-order valence-corrected chi connectivity index (χ1v) is 24.3. The van der Waals surface area contributed by atoms with Crippen molar-refractivity contribution in [1.82, 2.24) is 34.6 Å². The first kappa shape index (κ1) is 66.7. The van der Waals surface area contributed by atoms with Gasteiger partial charge in [-0.2, -0.15) is 15.0 Å². The van der Waals surface area contributed by atoms with E-state index in [9.17, 15) is 19.8 Å². The second-order valence-electron chi connectivity index (χ2n) is 17.9. The van der Waals surface area contributed by atoms with Crippen LogP contribution in [0.1, 0.15) is 47.2 Å². The third-order valence-electron chi connectivity index (χ3n) is 11.9. The third-order valence-corrected chi connectivity index (χ3v) is 11.9. The van der Waals surface area contributed by atoms with Gasteiger partial charge in [0.2, 0.25) is 17.8 Å². The van der Waals surface area contributed by atoms with E-state index in [2.05, 4.69) is 28.8 Å². The number of anilines is 3. The molecule has 0 bridgehead atoms. The summed E-state index contributed by atoms with van der Waals surface area (Å²) < 4.78 is 72.8. The number of aromatic hydroxyl groups is 2. The normalized spacial score (nSPS) is 15.1. The molecule has 5 rings (SSSR count). The van der Waals surface area contributed by atoms with Crippen molar-refractivity contribution in [3.05, 3.63) is 57.6 Å². The first-order valence-electron chi connectivity index (χ1n) is 24.3. The highest BCUT2D eigenvalue weighted by Crippen LogP contribution is 2.40. The van der Waals surface area contributed by atoms with Crippen LogP contribution in [0.5, 0.6) is 11.5 Å². The van der Waals surface area contributed by atoms with Crippen molar-refractivity contribution in [3.63, 3.8) is 0 Å². The topological polar surface area (TPSA) is 265 Å². The number of carbonyl (C=O) groups excluding carboxylic acids is 2. The molecule has 2 fully saturated rings. The second kappa shape index (κ2) is 34.4. The third kappa shape index (κ3) is 17.2. The van der Waals surface area contributed by atoms with Gasteiger partial charge in [0.1, 0.15) is 78.8 Å². The second-order valence-corrected chi connectivity index (χ2v) is 17.9. The average Bonchev–Trinajstić information content (AvgIpc) is 3.83. The van der Waals surface area contributed by atoms with Crippen LogP contribution in [0.15, 0.2) is 24.3 Å². The van der Waals surface area contributed by atoms with Crippen molar-refractivity contribution in [2.24, 2.45) is 0 Å². The fourth-order valence-corrected chi connectivity index (χ4v) is 8.48. The Kier molecular flexibility index (Phi) is 29.5. The number of nitrogens with zero attached hydrogens (tertiary/aromatic N) is 10. The SMILES string of the molecule is COCN(COC)c1nc(N(COC)COC)nc(N(COC)COC)n1.COCN1C(=O)N(COC)C2C1N(COC)C(=O)N2COC.COCc1cc(C(C)(C)c2cc(COC)c(O)c(COC)c2)cc(COC)c1O.